The standard InChI is InChI=1S/C15H19N5O/c16-11-15(7-1-2-8-15)14(21)19-12-3-5-13(6-4-12)20-17-9-10-18-20/h3-6,9-10H,1-2,7-8,11,16H2,(H,19,21). The molecule has 1 aromatic carbocycles. The zero-order chi connectivity index (χ0) is 14.7. The van der Waals surface area contributed by atoms with Gasteiger partial charge in [-0.3, -0.25) is 4.79 Å². The summed E-state index contributed by atoms with van der Waals surface area (Å²) in [5.41, 5.74) is 7.07. The first-order valence-corrected chi connectivity index (χ1v) is 7.22. The second-order valence-corrected chi connectivity index (χ2v) is 5.51. The molecule has 0 bridgehead atoms. The minimum absolute atomic E-state index is 0.0347. The molecule has 0 unspecified atom stereocenters. The van der Waals surface area contributed by atoms with Crippen LogP contribution in [-0.2, 0) is 4.79 Å². The van der Waals surface area contributed by atoms with Crippen LogP contribution < -0.4 is 11.1 Å². The van der Waals surface area contributed by atoms with Gasteiger partial charge in [-0.05, 0) is 37.1 Å². The fourth-order valence-electron chi connectivity index (χ4n) is 2.87. The van der Waals surface area contributed by atoms with Crippen LogP contribution in [0.15, 0.2) is 36.7 Å². The van der Waals surface area contributed by atoms with Gasteiger partial charge >= 0.3 is 0 Å². The van der Waals surface area contributed by atoms with E-state index in [1.807, 2.05) is 24.3 Å². The molecule has 0 atom stereocenters. The van der Waals surface area contributed by atoms with Crippen LogP contribution in [0.5, 0.6) is 0 Å². The van der Waals surface area contributed by atoms with E-state index < -0.39 is 0 Å². The van der Waals surface area contributed by atoms with Gasteiger partial charge in [0.15, 0.2) is 0 Å². The highest BCUT2D eigenvalue weighted by molar-refractivity contribution is 5.95. The highest BCUT2D eigenvalue weighted by atomic mass is 16.2. The molecule has 21 heavy (non-hydrogen) atoms. The number of amides is 1. The van der Waals surface area contributed by atoms with E-state index in [9.17, 15) is 4.79 Å². The molecule has 6 heteroatoms. The van der Waals surface area contributed by atoms with Gasteiger partial charge in [0.05, 0.1) is 23.5 Å². The van der Waals surface area contributed by atoms with E-state index in [1.165, 1.54) is 4.80 Å². The van der Waals surface area contributed by atoms with Crippen LogP contribution in [-0.4, -0.2) is 27.4 Å². The maximum Gasteiger partial charge on any atom is 0.231 e. The van der Waals surface area contributed by atoms with Crippen molar-refractivity contribution in [3.05, 3.63) is 36.7 Å². The van der Waals surface area contributed by atoms with E-state index in [4.69, 9.17) is 5.73 Å². The summed E-state index contributed by atoms with van der Waals surface area (Å²) in [6, 6.07) is 7.46. The highest BCUT2D eigenvalue weighted by Crippen LogP contribution is 2.38. The monoisotopic (exact) mass is 285 g/mol. The fourth-order valence-corrected chi connectivity index (χ4v) is 2.87. The van der Waals surface area contributed by atoms with Crippen LogP contribution in [0.25, 0.3) is 5.69 Å². The van der Waals surface area contributed by atoms with Gasteiger partial charge in [-0.15, -0.1) is 0 Å². The summed E-state index contributed by atoms with van der Waals surface area (Å²) in [5, 5.41) is 11.1. The minimum atomic E-state index is -0.387. The third-order valence-corrected chi connectivity index (χ3v) is 4.21. The van der Waals surface area contributed by atoms with Gasteiger partial charge < -0.3 is 11.1 Å². The number of carbonyl (C=O) groups is 1. The van der Waals surface area contributed by atoms with Gasteiger partial charge in [0, 0.05) is 12.2 Å². The SMILES string of the molecule is NCC1(C(=O)Nc2ccc(-n3nccn3)cc2)CCCC1. The summed E-state index contributed by atoms with van der Waals surface area (Å²) in [4.78, 5) is 14.0. The quantitative estimate of drug-likeness (QED) is 0.895. The zero-order valence-electron chi connectivity index (χ0n) is 11.8. The minimum Gasteiger partial charge on any atom is -0.329 e. The first-order chi connectivity index (χ1) is 10.2. The van der Waals surface area contributed by atoms with Gasteiger partial charge in [-0.1, -0.05) is 12.8 Å². The number of nitrogens with two attached hydrogens (primary N) is 1. The Balaban J connectivity index is 1.72. The number of anilines is 1. The molecule has 0 aliphatic heterocycles. The Morgan fingerprint density at radius 2 is 1.81 bits per heavy atom. The average molecular weight is 285 g/mol. The normalized spacial score (nSPS) is 16.8. The summed E-state index contributed by atoms with van der Waals surface area (Å²) in [6.45, 7) is 0.411. The van der Waals surface area contributed by atoms with Crippen molar-refractivity contribution in [3.8, 4) is 5.69 Å². The topological polar surface area (TPSA) is 85.8 Å². The van der Waals surface area contributed by atoms with Gasteiger partial charge in [-0.25, -0.2) is 0 Å². The third-order valence-electron chi connectivity index (χ3n) is 4.21. The molecule has 0 radical (unpaired) electrons. The molecule has 0 spiro atoms. The number of carbonyl (C=O) groups excluding carboxylic acids is 1. The molecule has 1 aliphatic rings. The van der Waals surface area contributed by atoms with E-state index in [0.29, 0.717) is 6.54 Å². The molecule has 1 aliphatic carbocycles. The van der Waals surface area contributed by atoms with Gasteiger partial charge in [0.2, 0.25) is 5.91 Å². The Bertz CT molecular complexity index is 600. The number of nitrogens with zero attached hydrogens (tertiary/aromatic N) is 3. The number of hydrogen-bond donors (Lipinski definition) is 2. The van der Waals surface area contributed by atoms with Crippen molar-refractivity contribution in [3.63, 3.8) is 0 Å². The molecule has 3 rings (SSSR count). The lowest BCUT2D eigenvalue weighted by atomic mass is 9.85. The summed E-state index contributed by atoms with van der Waals surface area (Å²) < 4.78 is 0. The van der Waals surface area contributed by atoms with E-state index in [1.54, 1.807) is 12.4 Å². The molecular formula is C15H19N5O. The largest absolute Gasteiger partial charge is 0.329 e. The van der Waals surface area contributed by atoms with E-state index in [0.717, 1.165) is 37.1 Å². The maximum absolute atomic E-state index is 12.5. The van der Waals surface area contributed by atoms with Crippen LogP contribution in [0.2, 0.25) is 0 Å². The van der Waals surface area contributed by atoms with Crippen molar-refractivity contribution in [1.82, 2.24) is 15.0 Å². The van der Waals surface area contributed by atoms with Crippen molar-refractivity contribution < 1.29 is 4.79 Å². The molecule has 1 saturated carbocycles. The Morgan fingerprint density at radius 3 is 2.38 bits per heavy atom. The number of rotatable bonds is 4. The third kappa shape index (κ3) is 2.67. The van der Waals surface area contributed by atoms with E-state index >= 15 is 0 Å². The second kappa shape index (κ2) is 5.65. The lowest BCUT2D eigenvalue weighted by Crippen LogP contribution is -2.40. The number of nitrogens with one attached hydrogen (secondary N) is 1. The van der Waals surface area contributed by atoms with Crippen molar-refractivity contribution in [2.45, 2.75) is 25.7 Å². The van der Waals surface area contributed by atoms with Crippen LogP contribution in [0.1, 0.15) is 25.7 Å². The molecule has 1 aromatic heterocycles. The predicted octanol–water partition coefficient (Wildman–Crippen LogP) is 1.72. The van der Waals surface area contributed by atoms with Gasteiger partial charge in [-0.2, -0.15) is 15.0 Å². The molecule has 3 N–H and O–H groups in total. The van der Waals surface area contributed by atoms with Crippen molar-refractivity contribution >= 4 is 11.6 Å². The van der Waals surface area contributed by atoms with Crippen LogP contribution in [0.3, 0.4) is 0 Å². The molecule has 1 amide bonds. The van der Waals surface area contributed by atoms with Crippen molar-refractivity contribution in [1.29, 1.82) is 0 Å². The first kappa shape index (κ1) is 13.8. The number of hydrogen-bond acceptors (Lipinski definition) is 4. The predicted molar refractivity (Wildman–Crippen MR) is 79.9 cm³/mol. The lowest BCUT2D eigenvalue weighted by molar-refractivity contribution is -0.124. The number of aromatic nitrogens is 3. The molecule has 1 fully saturated rings. The summed E-state index contributed by atoms with van der Waals surface area (Å²) in [5.74, 6) is 0.0347. The van der Waals surface area contributed by atoms with Crippen LogP contribution in [0.4, 0.5) is 5.69 Å². The molecule has 6 nitrogen and oxygen atoms in total. The molecule has 1 heterocycles. The second-order valence-electron chi connectivity index (χ2n) is 5.51. The Hall–Kier alpha value is -2.21. The highest BCUT2D eigenvalue weighted by Gasteiger charge is 2.39. The van der Waals surface area contributed by atoms with Gasteiger partial charge in [0.25, 0.3) is 0 Å². The maximum atomic E-state index is 12.5. The summed E-state index contributed by atoms with van der Waals surface area (Å²) >= 11 is 0. The zero-order valence-corrected chi connectivity index (χ0v) is 11.8. The summed E-state index contributed by atoms with van der Waals surface area (Å²) in [6.07, 6.45) is 7.17. The van der Waals surface area contributed by atoms with Crippen molar-refractivity contribution in [2.24, 2.45) is 11.1 Å². The van der Waals surface area contributed by atoms with E-state index in [-0.39, 0.29) is 11.3 Å². The Kier molecular flexibility index (Phi) is 3.70. The van der Waals surface area contributed by atoms with Crippen molar-refractivity contribution in [2.75, 3.05) is 11.9 Å². The first-order valence-electron chi connectivity index (χ1n) is 7.22. The fraction of sp³-hybridized carbons (Fsp3) is 0.400. The van der Waals surface area contributed by atoms with Gasteiger partial charge in [0.1, 0.15) is 0 Å². The summed E-state index contributed by atoms with van der Waals surface area (Å²) in [7, 11) is 0. The molecule has 110 valence electrons. The average Bonchev–Trinajstić information content (AvgIpc) is 3.20. The smallest absolute Gasteiger partial charge is 0.231 e. The Labute approximate surface area is 123 Å². The molecule has 0 saturated heterocycles. The van der Waals surface area contributed by atoms with Crippen LogP contribution in [0, 0.1) is 5.41 Å². The molecule has 2 aromatic rings. The molecular weight excluding hydrogens is 266 g/mol. The van der Waals surface area contributed by atoms with E-state index in [2.05, 4.69) is 15.5 Å². The lowest BCUT2D eigenvalue weighted by Gasteiger charge is -2.25. The number of benzene rings is 1. The van der Waals surface area contributed by atoms with Crippen LogP contribution >= 0.6 is 0 Å². The Morgan fingerprint density at radius 1 is 1.19 bits per heavy atom.